The lowest BCUT2D eigenvalue weighted by Gasteiger charge is -2.41. The van der Waals surface area contributed by atoms with Gasteiger partial charge in [0, 0.05) is 5.54 Å². The predicted octanol–water partition coefficient (Wildman–Crippen LogP) is 1.57. The number of hydrogen-bond donors (Lipinski definition) is 2. The summed E-state index contributed by atoms with van der Waals surface area (Å²) in [5.41, 5.74) is 0.0237. The third kappa shape index (κ3) is 1.76. The molecule has 0 amide bonds. The van der Waals surface area contributed by atoms with Crippen LogP contribution in [-0.2, 0) is 0 Å². The maximum absolute atomic E-state index is 9.72. The van der Waals surface area contributed by atoms with Crippen LogP contribution < -0.4 is 5.32 Å². The van der Waals surface area contributed by atoms with Gasteiger partial charge in [-0.2, -0.15) is 0 Å². The summed E-state index contributed by atoms with van der Waals surface area (Å²) < 4.78 is 0. The van der Waals surface area contributed by atoms with Crippen molar-refractivity contribution in [2.75, 3.05) is 6.54 Å². The fourth-order valence-corrected chi connectivity index (χ4v) is 1.64. The predicted molar refractivity (Wildman–Crippen MR) is 53.7 cm³/mol. The first kappa shape index (κ1) is 12.2. The first-order valence-electron chi connectivity index (χ1n) is 4.31. The Bertz CT molecular complexity index is 155. The van der Waals surface area contributed by atoms with Crippen molar-refractivity contribution < 1.29 is 5.11 Å². The third-order valence-electron chi connectivity index (χ3n) is 3.13. The van der Waals surface area contributed by atoms with E-state index in [9.17, 15) is 5.11 Å². The van der Waals surface area contributed by atoms with E-state index in [2.05, 4.69) is 33.0 Å². The SMILES string of the molecule is CC(C)(C)C1(C)NCCC1O.Cl. The lowest BCUT2D eigenvalue weighted by Crippen LogP contribution is -2.54. The highest BCUT2D eigenvalue weighted by molar-refractivity contribution is 5.85. The summed E-state index contributed by atoms with van der Waals surface area (Å²) in [6.45, 7) is 9.53. The molecule has 0 aromatic carbocycles. The van der Waals surface area contributed by atoms with Gasteiger partial charge in [-0.15, -0.1) is 12.4 Å². The van der Waals surface area contributed by atoms with E-state index in [-0.39, 0.29) is 29.5 Å². The van der Waals surface area contributed by atoms with Gasteiger partial charge in [-0.05, 0) is 25.3 Å². The largest absolute Gasteiger partial charge is 0.391 e. The molecule has 0 saturated carbocycles. The fraction of sp³-hybridized carbons (Fsp3) is 1.00. The number of hydrogen-bond acceptors (Lipinski definition) is 2. The number of aliphatic hydroxyl groups is 1. The molecule has 0 bridgehead atoms. The highest BCUT2D eigenvalue weighted by atomic mass is 35.5. The molecular formula is C9H20ClNO. The average molecular weight is 194 g/mol. The molecule has 12 heavy (non-hydrogen) atoms. The van der Waals surface area contributed by atoms with Gasteiger partial charge in [0.2, 0.25) is 0 Å². The molecule has 1 rings (SSSR count). The van der Waals surface area contributed by atoms with Gasteiger partial charge in [0.1, 0.15) is 0 Å². The molecule has 2 unspecified atom stereocenters. The van der Waals surface area contributed by atoms with Gasteiger partial charge < -0.3 is 10.4 Å². The summed E-state index contributed by atoms with van der Waals surface area (Å²) in [6.07, 6.45) is 0.691. The van der Waals surface area contributed by atoms with Gasteiger partial charge in [0.15, 0.2) is 0 Å². The van der Waals surface area contributed by atoms with Crippen LogP contribution in [0.25, 0.3) is 0 Å². The molecule has 0 aromatic rings. The molecule has 1 saturated heterocycles. The van der Waals surface area contributed by atoms with Gasteiger partial charge >= 0.3 is 0 Å². The molecule has 2 atom stereocenters. The van der Waals surface area contributed by atoms with Gasteiger partial charge in [-0.25, -0.2) is 0 Å². The van der Waals surface area contributed by atoms with Gasteiger partial charge in [0.25, 0.3) is 0 Å². The zero-order valence-corrected chi connectivity index (χ0v) is 9.16. The van der Waals surface area contributed by atoms with Gasteiger partial charge in [-0.3, -0.25) is 0 Å². The minimum atomic E-state index is -0.192. The normalized spacial score (nSPS) is 36.2. The van der Waals surface area contributed by atoms with Crippen LogP contribution in [0, 0.1) is 5.41 Å². The number of aliphatic hydroxyl groups excluding tert-OH is 1. The minimum absolute atomic E-state index is 0. The second-order valence-corrected chi connectivity index (χ2v) is 4.68. The van der Waals surface area contributed by atoms with Crippen molar-refractivity contribution in [2.45, 2.75) is 45.8 Å². The standard InChI is InChI=1S/C9H19NO.ClH/c1-8(2,3)9(4)7(11)5-6-10-9;/h7,10-11H,5-6H2,1-4H3;1H. The second-order valence-electron chi connectivity index (χ2n) is 4.68. The number of rotatable bonds is 0. The van der Waals surface area contributed by atoms with Crippen molar-refractivity contribution >= 4 is 12.4 Å². The first-order valence-corrected chi connectivity index (χ1v) is 4.31. The van der Waals surface area contributed by atoms with E-state index in [0.29, 0.717) is 0 Å². The van der Waals surface area contributed by atoms with E-state index >= 15 is 0 Å². The smallest absolute Gasteiger partial charge is 0.0736 e. The fourth-order valence-electron chi connectivity index (χ4n) is 1.64. The molecular weight excluding hydrogens is 174 g/mol. The van der Waals surface area contributed by atoms with Crippen LogP contribution in [0.4, 0.5) is 0 Å². The van der Waals surface area contributed by atoms with Crippen molar-refractivity contribution in [1.29, 1.82) is 0 Å². The highest BCUT2D eigenvalue weighted by Crippen LogP contribution is 2.36. The Hall–Kier alpha value is 0.210. The Morgan fingerprint density at radius 1 is 1.42 bits per heavy atom. The van der Waals surface area contributed by atoms with Crippen LogP contribution in [-0.4, -0.2) is 23.3 Å². The average Bonchev–Trinajstić information content (AvgIpc) is 2.12. The molecule has 0 aromatic heterocycles. The Morgan fingerprint density at radius 3 is 2.08 bits per heavy atom. The summed E-state index contributed by atoms with van der Waals surface area (Å²) in [4.78, 5) is 0. The summed E-state index contributed by atoms with van der Waals surface area (Å²) in [7, 11) is 0. The van der Waals surface area contributed by atoms with Crippen LogP contribution in [0.5, 0.6) is 0 Å². The van der Waals surface area contributed by atoms with E-state index in [4.69, 9.17) is 0 Å². The quantitative estimate of drug-likeness (QED) is 0.612. The molecule has 3 heteroatoms. The molecule has 2 nitrogen and oxygen atoms in total. The molecule has 74 valence electrons. The maximum Gasteiger partial charge on any atom is 0.0736 e. The second kappa shape index (κ2) is 3.52. The number of nitrogens with one attached hydrogen (secondary N) is 1. The Morgan fingerprint density at radius 2 is 1.92 bits per heavy atom. The lowest BCUT2D eigenvalue weighted by atomic mass is 9.73. The molecule has 0 aliphatic carbocycles. The van der Waals surface area contributed by atoms with Crippen molar-refractivity contribution in [3.8, 4) is 0 Å². The Balaban J connectivity index is 0.00000121. The van der Waals surface area contributed by atoms with E-state index in [1.54, 1.807) is 0 Å². The molecule has 2 N–H and O–H groups in total. The lowest BCUT2D eigenvalue weighted by molar-refractivity contribution is 0.0356. The molecule has 1 aliphatic rings. The molecule has 1 heterocycles. The summed E-state index contributed by atoms with van der Waals surface area (Å²) in [6, 6.07) is 0. The van der Waals surface area contributed by atoms with Crippen molar-refractivity contribution in [2.24, 2.45) is 5.41 Å². The number of halogens is 1. The van der Waals surface area contributed by atoms with Crippen molar-refractivity contribution in [1.82, 2.24) is 5.32 Å². The maximum atomic E-state index is 9.72. The van der Waals surface area contributed by atoms with Crippen molar-refractivity contribution in [3.63, 3.8) is 0 Å². The van der Waals surface area contributed by atoms with E-state index in [1.807, 2.05) is 0 Å². The Labute approximate surface area is 81.2 Å². The van der Waals surface area contributed by atoms with Crippen LogP contribution >= 0.6 is 12.4 Å². The summed E-state index contributed by atoms with van der Waals surface area (Å²) in [5.74, 6) is 0. The molecule has 1 fully saturated rings. The summed E-state index contributed by atoms with van der Waals surface area (Å²) in [5, 5.41) is 13.1. The van der Waals surface area contributed by atoms with Crippen molar-refractivity contribution in [3.05, 3.63) is 0 Å². The van der Waals surface area contributed by atoms with Gasteiger partial charge in [-0.1, -0.05) is 20.8 Å². The Kier molecular flexibility index (Phi) is 3.59. The molecule has 0 radical (unpaired) electrons. The third-order valence-corrected chi connectivity index (χ3v) is 3.13. The molecule has 0 spiro atoms. The minimum Gasteiger partial charge on any atom is -0.391 e. The van der Waals surface area contributed by atoms with E-state index in [0.717, 1.165) is 13.0 Å². The topological polar surface area (TPSA) is 32.3 Å². The van der Waals surface area contributed by atoms with Crippen LogP contribution in [0.3, 0.4) is 0 Å². The molecule has 1 aliphatic heterocycles. The monoisotopic (exact) mass is 193 g/mol. The summed E-state index contributed by atoms with van der Waals surface area (Å²) >= 11 is 0. The van der Waals surface area contributed by atoms with E-state index < -0.39 is 0 Å². The van der Waals surface area contributed by atoms with Gasteiger partial charge in [0.05, 0.1) is 6.10 Å². The zero-order valence-electron chi connectivity index (χ0n) is 8.35. The van der Waals surface area contributed by atoms with E-state index in [1.165, 1.54) is 0 Å². The highest BCUT2D eigenvalue weighted by Gasteiger charge is 2.46. The van der Waals surface area contributed by atoms with Crippen LogP contribution in [0.15, 0.2) is 0 Å². The first-order chi connectivity index (χ1) is 4.88. The van der Waals surface area contributed by atoms with Crippen LogP contribution in [0.1, 0.15) is 34.1 Å². The zero-order chi connectivity index (χ0) is 8.70. The van der Waals surface area contributed by atoms with Crippen LogP contribution in [0.2, 0.25) is 0 Å².